The maximum absolute atomic E-state index is 5.93. The number of nitrogens with zero attached hydrogens (tertiary/aromatic N) is 2. The minimum atomic E-state index is 0.0591. The molecule has 1 aliphatic rings. The molecule has 0 spiro atoms. The van der Waals surface area contributed by atoms with Crippen LogP contribution in [0.25, 0.3) is 0 Å². The van der Waals surface area contributed by atoms with E-state index in [0.29, 0.717) is 11.8 Å². The number of anilines is 1. The molecule has 1 heterocycles. The van der Waals surface area contributed by atoms with Gasteiger partial charge in [0.25, 0.3) is 0 Å². The first-order chi connectivity index (χ1) is 7.54. The summed E-state index contributed by atoms with van der Waals surface area (Å²) in [5.41, 5.74) is 2.15. The first-order valence-electron chi connectivity index (χ1n) is 5.74. The molecule has 1 aromatic heterocycles. The first kappa shape index (κ1) is 11.6. The van der Waals surface area contributed by atoms with Gasteiger partial charge in [0.05, 0.1) is 5.54 Å². The molecule has 0 unspecified atom stereocenters. The van der Waals surface area contributed by atoms with Gasteiger partial charge in [-0.3, -0.25) is 0 Å². The van der Waals surface area contributed by atoms with E-state index in [1.54, 1.807) is 0 Å². The van der Waals surface area contributed by atoms with Crippen molar-refractivity contribution in [3.63, 3.8) is 0 Å². The second-order valence-corrected chi connectivity index (χ2v) is 5.22. The van der Waals surface area contributed by atoms with Crippen LogP contribution in [0.3, 0.4) is 0 Å². The number of halogens is 1. The number of nitrogens with one attached hydrogen (secondary N) is 1. The molecule has 0 saturated heterocycles. The van der Waals surface area contributed by atoms with Gasteiger partial charge in [-0.2, -0.15) is 0 Å². The fourth-order valence-corrected chi connectivity index (χ4v) is 1.96. The molecule has 0 aromatic carbocycles. The molecule has 1 aliphatic carbocycles. The number of aromatic nitrogens is 2. The van der Waals surface area contributed by atoms with Crippen LogP contribution in [0.5, 0.6) is 0 Å². The van der Waals surface area contributed by atoms with Gasteiger partial charge in [-0.15, -0.1) is 11.6 Å². The molecule has 1 aromatic rings. The Balaban J connectivity index is 2.21. The number of rotatable bonds is 4. The normalized spacial score (nSPS) is 17.6. The monoisotopic (exact) mass is 239 g/mol. The highest BCUT2D eigenvalue weighted by Gasteiger charge is 2.42. The second kappa shape index (κ2) is 4.21. The van der Waals surface area contributed by atoms with E-state index < -0.39 is 0 Å². The number of aryl methyl sites for hydroxylation is 1. The molecule has 1 saturated carbocycles. The second-order valence-electron chi connectivity index (χ2n) is 4.95. The Bertz CT molecular complexity index is 386. The van der Waals surface area contributed by atoms with E-state index in [1.165, 1.54) is 0 Å². The summed E-state index contributed by atoms with van der Waals surface area (Å²) in [7, 11) is 0. The summed E-state index contributed by atoms with van der Waals surface area (Å²) in [5.74, 6) is 1.77. The summed E-state index contributed by atoms with van der Waals surface area (Å²) in [6, 6.07) is 2.04. The van der Waals surface area contributed by atoms with Crippen molar-refractivity contribution < 1.29 is 0 Å². The van der Waals surface area contributed by atoms with Gasteiger partial charge in [-0.25, -0.2) is 9.97 Å². The zero-order chi connectivity index (χ0) is 11.8. The summed E-state index contributed by atoms with van der Waals surface area (Å²) in [6.07, 6.45) is 2.23. The van der Waals surface area contributed by atoms with Crippen molar-refractivity contribution in [3.8, 4) is 0 Å². The van der Waals surface area contributed by atoms with E-state index in [4.69, 9.17) is 11.6 Å². The average molecular weight is 240 g/mol. The van der Waals surface area contributed by atoms with Crippen LogP contribution >= 0.6 is 11.6 Å². The molecular formula is C12H18ClN3. The van der Waals surface area contributed by atoms with Gasteiger partial charge in [-0.05, 0) is 31.7 Å². The zero-order valence-electron chi connectivity index (χ0n) is 10.0. The highest BCUT2D eigenvalue weighted by atomic mass is 35.5. The van der Waals surface area contributed by atoms with Gasteiger partial charge in [-0.1, -0.05) is 13.8 Å². The van der Waals surface area contributed by atoms with Crippen molar-refractivity contribution in [2.45, 2.75) is 45.1 Å². The summed E-state index contributed by atoms with van der Waals surface area (Å²) in [5, 5.41) is 3.36. The third-order valence-electron chi connectivity index (χ3n) is 2.95. The van der Waals surface area contributed by atoms with Crippen LogP contribution in [0.4, 0.5) is 5.95 Å². The van der Waals surface area contributed by atoms with Crippen molar-refractivity contribution in [2.75, 3.05) is 11.2 Å². The average Bonchev–Trinajstić information content (AvgIpc) is 2.97. The summed E-state index contributed by atoms with van der Waals surface area (Å²) < 4.78 is 0. The zero-order valence-corrected chi connectivity index (χ0v) is 10.8. The molecule has 88 valence electrons. The Hall–Kier alpha value is -0.830. The van der Waals surface area contributed by atoms with E-state index >= 15 is 0 Å². The topological polar surface area (TPSA) is 37.8 Å². The third-order valence-corrected chi connectivity index (χ3v) is 3.46. The number of hydrogen-bond acceptors (Lipinski definition) is 3. The van der Waals surface area contributed by atoms with Crippen molar-refractivity contribution in [1.29, 1.82) is 0 Å². The Morgan fingerprint density at radius 2 is 2.12 bits per heavy atom. The highest BCUT2D eigenvalue weighted by Crippen LogP contribution is 2.39. The molecular weight excluding hydrogens is 222 g/mol. The molecule has 1 N–H and O–H groups in total. The molecule has 0 radical (unpaired) electrons. The fraction of sp³-hybridized carbons (Fsp3) is 0.667. The van der Waals surface area contributed by atoms with Crippen molar-refractivity contribution in [1.82, 2.24) is 9.97 Å². The number of alkyl halides is 1. The first-order valence-corrected chi connectivity index (χ1v) is 6.28. The molecule has 0 atom stereocenters. The van der Waals surface area contributed by atoms with Gasteiger partial charge < -0.3 is 5.32 Å². The Morgan fingerprint density at radius 1 is 1.44 bits per heavy atom. The molecule has 2 rings (SSSR count). The standard InChI is InChI=1S/C12H18ClN3/c1-8(2)10-6-9(3)14-11(15-10)16-12(7-13)4-5-12/h6,8H,4-5,7H2,1-3H3,(H,14,15,16). The van der Waals surface area contributed by atoms with Gasteiger partial charge in [0, 0.05) is 17.3 Å². The van der Waals surface area contributed by atoms with Crippen LogP contribution < -0.4 is 5.32 Å². The molecule has 3 nitrogen and oxygen atoms in total. The lowest BCUT2D eigenvalue weighted by molar-refractivity contribution is 0.780. The lowest BCUT2D eigenvalue weighted by Crippen LogP contribution is -2.24. The number of hydrogen-bond donors (Lipinski definition) is 1. The van der Waals surface area contributed by atoms with Crippen LogP contribution in [0.2, 0.25) is 0 Å². The molecule has 16 heavy (non-hydrogen) atoms. The smallest absolute Gasteiger partial charge is 0.223 e. The van der Waals surface area contributed by atoms with Crippen LogP contribution in [-0.2, 0) is 0 Å². The lowest BCUT2D eigenvalue weighted by Gasteiger charge is -2.15. The van der Waals surface area contributed by atoms with E-state index in [1.807, 2.05) is 13.0 Å². The largest absolute Gasteiger partial charge is 0.348 e. The van der Waals surface area contributed by atoms with Crippen molar-refractivity contribution in [3.05, 3.63) is 17.5 Å². The maximum Gasteiger partial charge on any atom is 0.223 e. The van der Waals surface area contributed by atoms with Gasteiger partial charge in [0.2, 0.25) is 5.95 Å². The quantitative estimate of drug-likeness (QED) is 0.821. The van der Waals surface area contributed by atoms with Crippen LogP contribution in [0.1, 0.15) is 44.0 Å². The van der Waals surface area contributed by atoms with E-state index in [-0.39, 0.29) is 5.54 Å². The molecule has 0 aliphatic heterocycles. The predicted octanol–water partition coefficient (Wildman–Crippen LogP) is 3.09. The van der Waals surface area contributed by atoms with E-state index in [2.05, 4.69) is 29.1 Å². The van der Waals surface area contributed by atoms with E-state index in [0.717, 1.165) is 30.2 Å². The van der Waals surface area contributed by atoms with Gasteiger partial charge >= 0.3 is 0 Å². The Labute approximate surface area is 102 Å². The molecule has 4 heteroatoms. The SMILES string of the molecule is Cc1cc(C(C)C)nc(NC2(CCl)CC2)n1. The Kier molecular flexibility index (Phi) is 3.06. The lowest BCUT2D eigenvalue weighted by atomic mass is 10.1. The summed E-state index contributed by atoms with van der Waals surface area (Å²) >= 11 is 5.93. The van der Waals surface area contributed by atoms with Gasteiger partial charge in [0.15, 0.2) is 0 Å². The predicted molar refractivity (Wildman–Crippen MR) is 67.2 cm³/mol. The Morgan fingerprint density at radius 3 is 2.62 bits per heavy atom. The van der Waals surface area contributed by atoms with Crippen molar-refractivity contribution >= 4 is 17.5 Å². The molecule has 0 amide bonds. The van der Waals surface area contributed by atoms with E-state index in [9.17, 15) is 0 Å². The van der Waals surface area contributed by atoms with Crippen molar-refractivity contribution in [2.24, 2.45) is 0 Å². The van der Waals surface area contributed by atoms with Crippen LogP contribution in [-0.4, -0.2) is 21.4 Å². The maximum atomic E-state index is 5.93. The fourth-order valence-electron chi connectivity index (χ4n) is 1.62. The minimum absolute atomic E-state index is 0.0591. The summed E-state index contributed by atoms with van der Waals surface area (Å²) in [6.45, 7) is 6.28. The highest BCUT2D eigenvalue weighted by molar-refractivity contribution is 6.19. The molecule has 0 bridgehead atoms. The molecule has 1 fully saturated rings. The van der Waals surface area contributed by atoms with Crippen LogP contribution in [0.15, 0.2) is 6.07 Å². The third kappa shape index (κ3) is 2.46. The minimum Gasteiger partial charge on any atom is -0.348 e. The van der Waals surface area contributed by atoms with Gasteiger partial charge in [0.1, 0.15) is 0 Å². The summed E-state index contributed by atoms with van der Waals surface area (Å²) in [4.78, 5) is 8.93. The van der Waals surface area contributed by atoms with Crippen LogP contribution in [0, 0.1) is 6.92 Å².